The third-order valence-corrected chi connectivity index (χ3v) is 5.82. The zero-order chi connectivity index (χ0) is 18.1. The number of anilines is 2. The lowest BCUT2D eigenvalue weighted by Crippen LogP contribution is -2.19. The molecule has 0 saturated carbocycles. The van der Waals surface area contributed by atoms with E-state index in [0.717, 1.165) is 16.2 Å². The molecule has 0 unspecified atom stereocenters. The molecule has 1 aromatic heterocycles. The second-order valence-electron chi connectivity index (χ2n) is 5.55. The maximum Gasteiger partial charge on any atom is 0.257 e. The molecule has 1 aliphatic rings. The summed E-state index contributed by atoms with van der Waals surface area (Å²) in [7, 11) is 0. The Kier molecular flexibility index (Phi) is 4.67. The highest BCUT2D eigenvalue weighted by Crippen LogP contribution is 2.32. The zero-order valence-electron chi connectivity index (χ0n) is 13.3. The van der Waals surface area contributed by atoms with E-state index in [0.29, 0.717) is 27.2 Å². The smallest absolute Gasteiger partial charge is 0.257 e. The van der Waals surface area contributed by atoms with Gasteiger partial charge < -0.3 is 5.32 Å². The van der Waals surface area contributed by atoms with E-state index in [9.17, 15) is 9.59 Å². The van der Waals surface area contributed by atoms with E-state index in [1.165, 1.54) is 23.1 Å². The lowest BCUT2D eigenvalue weighted by atomic mass is 10.2. The van der Waals surface area contributed by atoms with E-state index in [4.69, 9.17) is 11.6 Å². The molecule has 4 rings (SSSR count). The van der Waals surface area contributed by atoms with E-state index in [1.807, 2.05) is 23.6 Å². The van der Waals surface area contributed by atoms with Crippen LogP contribution in [0.3, 0.4) is 0 Å². The fraction of sp³-hybridized carbons (Fsp3) is 0.0556. The first kappa shape index (κ1) is 17.1. The quantitative estimate of drug-likeness (QED) is 0.663. The van der Waals surface area contributed by atoms with E-state index in [-0.39, 0.29) is 11.8 Å². The number of hydrogen-bond donors (Lipinski definition) is 2. The van der Waals surface area contributed by atoms with Gasteiger partial charge in [0, 0.05) is 26.4 Å². The van der Waals surface area contributed by atoms with Crippen LogP contribution < -0.4 is 10.6 Å². The number of nitrogens with one attached hydrogen (secondary N) is 2. The van der Waals surface area contributed by atoms with Gasteiger partial charge in [-0.25, -0.2) is 4.98 Å². The van der Waals surface area contributed by atoms with Gasteiger partial charge in [0.1, 0.15) is 0 Å². The number of thiazole rings is 1. The van der Waals surface area contributed by atoms with Crippen molar-refractivity contribution in [3.63, 3.8) is 0 Å². The van der Waals surface area contributed by atoms with Gasteiger partial charge in [-0.05, 0) is 30.3 Å². The van der Waals surface area contributed by atoms with Gasteiger partial charge >= 0.3 is 0 Å². The van der Waals surface area contributed by atoms with E-state index >= 15 is 0 Å². The summed E-state index contributed by atoms with van der Waals surface area (Å²) in [6.07, 6.45) is 0. The molecule has 0 spiro atoms. The predicted molar refractivity (Wildman–Crippen MR) is 106 cm³/mol. The number of halogens is 1. The Morgan fingerprint density at radius 2 is 2.00 bits per heavy atom. The molecule has 0 saturated heterocycles. The van der Waals surface area contributed by atoms with Crippen LogP contribution in [0.25, 0.3) is 11.3 Å². The standard InChI is InChI=1S/C18H12ClN3O2S2/c19-12-4-1-10(2-5-12)14-8-26-18(21-14)22-17(24)11-3-6-15-13(7-11)20-16(23)9-25-15/h1-8H,9H2,(H,20,23)(H,21,22,24). The lowest BCUT2D eigenvalue weighted by Gasteiger charge is -2.16. The number of thioether (sulfide) groups is 1. The second-order valence-corrected chi connectivity index (χ2v) is 7.86. The molecule has 2 amide bonds. The Hall–Kier alpha value is -2.35. The van der Waals surface area contributed by atoms with Gasteiger partial charge in [0.15, 0.2) is 5.13 Å². The minimum Gasteiger partial charge on any atom is -0.324 e. The summed E-state index contributed by atoms with van der Waals surface area (Å²) in [6, 6.07) is 12.6. The molecule has 0 fully saturated rings. The van der Waals surface area contributed by atoms with Crippen LogP contribution in [-0.4, -0.2) is 22.6 Å². The minimum atomic E-state index is -0.269. The van der Waals surface area contributed by atoms with Crippen molar-refractivity contribution in [3.8, 4) is 11.3 Å². The van der Waals surface area contributed by atoms with Crippen molar-refractivity contribution in [2.75, 3.05) is 16.4 Å². The topological polar surface area (TPSA) is 71.1 Å². The molecule has 5 nitrogen and oxygen atoms in total. The Balaban J connectivity index is 1.51. The average molecular weight is 402 g/mol. The Labute approximate surface area is 162 Å². The predicted octanol–water partition coefficient (Wildman–Crippen LogP) is 4.76. The number of rotatable bonds is 3. The molecule has 130 valence electrons. The summed E-state index contributed by atoms with van der Waals surface area (Å²) in [5, 5.41) is 8.64. The summed E-state index contributed by atoms with van der Waals surface area (Å²) in [6.45, 7) is 0. The number of nitrogens with zero attached hydrogens (tertiary/aromatic N) is 1. The van der Waals surface area contributed by atoms with Crippen molar-refractivity contribution in [1.82, 2.24) is 4.98 Å². The first-order chi connectivity index (χ1) is 12.6. The second kappa shape index (κ2) is 7.11. The van der Waals surface area contributed by atoms with Gasteiger partial charge in [0.25, 0.3) is 5.91 Å². The van der Waals surface area contributed by atoms with Crippen molar-refractivity contribution in [2.24, 2.45) is 0 Å². The third-order valence-electron chi connectivity index (χ3n) is 3.74. The number of benzene rings is 2. The van der Waals surface area contributed by atoms with Crippen molar-refractivity contribution >= 4 is 57.3 Å². The summed E-state index contributed by atoms with van der Waals surface area (Å²) in [5.74, 6) is 0.0627. The number of amides is 2. The number of hydrogen-bond acceptors (Lipinski definition) is 5. The molecule has 8 heteroatoms. The molecule has 26 heavy (non-hydrogen) atoms. The highest BCUT2D eigenvalue weighted by molar-refractivity contribution is 8.00. The summed E-state index contributed by atoms with van der Waals surface area (Å²) in [4.78, 5) is 29.4. The molecule has 0 atom stereocenters. The van der Waals surface area contributed by atoms with E-state index in [2.05, 4.69) is 15.6 Å². The molecular formula is C18H12ClN3O2S2. The molecule has 3 aromatic rings. The molecule has 0 radical (unpaired) electrons. The van der Waals surface area contributed by atoms with Gasteiger partial charge in [0.05, 0.1) is 17.1 Å². The highest BCUT2D eigenvalue weighted by Gasteiger charge is 2.18. The molecule has 0 bridgehead atoms. The van der Waals surface area contributed by atoms with Crippen LogP contribution in [0, 0.1) is 0 Å². The van der Waals surface area contributed by atoms with Crippen LogP contribution >= 0.6 is 34.7 Å². The molecule has 1 aliphatic heterocycles. The Morgan fingerprint density at radius 1 is 1.19 bits per heavy atom. The largest absolute Gasteiger partial charge is 0.324 e. The highest BCUT2D eigenvalue weighted by atomic mass is 35.5. The fourth-order valence-electron chi connectivity index (χ4n) is 2.48. The summed E-state index contributed by atoms with van der Waals surface area (Å²) < 4.78 is 0. The van der Waals surface area contributed by atoms with Crippen molar-refractivity contribution in [2.45, 2.75) is 4.90 Å². The van der Waals surface area contributed by atoms with Crippen molar-refractivity contribution in [3.05, 3.63) is 58.4 Å². The monoisotopic (exact) mass is 401 g/mol. The van der Waals surface area contributed by atoms with Crippen LogP contribution in [0.15, 0.2) is 52.7 Å². The van der Waals surface area contributed by atoms with E-state index in [1.54, 1.807) is 24.3 Å². The van der Waals surface area contributed by atoms with Crippen LogP contribution in [0.2, 0.25) is 5.02 Å². The van der Waals surface area contributed by atoms with Crippen molar-refractivity contribution < 1.29 is 9.59 Å². The zero-order valence-corrected chi connectivity index (χ0v) is 15.7. The Morgan fingerprint density at radius 3 is 2.81 bits per heavy atom. The Bertz CT molecular complexity index is 1000. The van der Waals surface area contributed by atoms with Gasteiger partial charge in [-0.3, -0.25) is 14.9 Å². The average Bonchev–Trinajstić information content (AvgIpc) is 3.10. The number of carbonyl (C=O) groups excluding carboxylic acids is 2. The van der Waals surface area contributed by atoms with Gasteiger partial charge in [-0.2, -0.15) is 0 Å². The SMILES string of the molecule is O=C1CSc2ccc(C(=O)Nc3nc(-c4ccc(Cl)cc4)cs3)cc2N1. The van der Waals surface area contributed by atoms with Gasteiger partial charge in [-0.15, -0.1) is 23.1 Å². The number of fused-ring (bicyclic) bond motifs is 1. The number of aromatic nitrogens is 1. The first-order valence-electron chi connectivity index (χ1n) is 7.68. The maximum absolute atomic E-state index is 12.5. The van der Waals surface area contributed by atoms with Crippen LogP contribution in [0.5, 0.6) is 0 Å². The van der Waals surface area contributed by atoms with Gasteiger partial charge in [-0.1, -0.05) is 23.7 Å². The number of carbonyl (C=O) groups is 2. The lowest BCUT2D eigenvalue weighted by molar-refractivity contribution is -0.113. The maximum atomic E-state index is 12.5. The van der Waals surface area contributed by atoms with Crippen LogP contribution in [0.4, 0.5) is 10.8 Å². The summed E-state index contributed by atoms with van der Waals surface area (Å²) >= 11 is 8.71. The first-order valence-corrected chi connectivity index (χ1v) is 9.92. The van der Waals surface area contributed by atoms with Crippen molar-refractivity contribution in [1.29, 1.82) is 0 Å². The van der Waals surface area contributed by atoms with Crippen LogP contribution in [0.1, 0.15) is 10.4 Å². The molecular weight excluding hydrogens is 390 g/mol. The van der Waals surface area contributed by atoms with Crippen LogP contribution in [-0.2, 0) is 4.79 Å². The molecule has 2 heterocycles. The summed E-state index contributed by atoms with van der Waals surface area (Å²) in [5.41, 5.74) is 2.84. The third kappa shape index (κ3) is 3.60. The fourth-order valence-corrected chi connectivity index (χ4v) is 4.11. The minimum absolute atomic E-state index is 0.0624. The molecule has 0 aliphatic carbocycles. The molecule has 2 aromatic carbocycles. The molecule has 2 N–H and O–H groups in total. The van der Waals surface area contributed by atoms with Gasteiger partial charge in [0.2, 0.25) is 5.91 Å². The van der Waals surface area contributed by atoms with E-state index < -0.39 is 0 Å². The normalized spacial score (nSPS) is 13.0.